The second-order valence-corrected chi connectivity index (χ2v) is 8.91. The Morgan fingerprint density at radius 2 is 1.88 bits per heavy atom. The Morgan fingerprint density at radius 3 is 2.47 bits per heavy atom. The van der Waals surface area contributed by atoms with Gasteiger partial charge in [-0.1, -0.05) is 0 Å². The lowest BCUT2D eigenvalue weighted by atomic mass is 10.1. The van der Waals surface area contributed by atoms with Crippen LogP contribution in [0.15, 0.2) is 24.3 Å². The van der Waals surface area contributed by atoms with Crippen LogP contribution in [-0.2, 0) is 14.3 Å². The van der Waals surface area contributed by atoms with Crippen LogP contribution in [0.5, 0.6) is 0 Å². The minimum absolute atomic E-state index is 0.0875. The van der Waals surface area contributed by atoms with E-state index in [1.807, 2.05) is 37.3 Å². The van der Waals surface area contributed by atoms with E-state index in [1.165, 1.54) is 11.8 Å². The lowest BCUT2D eigenvalue weighted by molar-refractivity contribution is -0.147. The molecule has 10 heteroatoms. The lowest BCUT2D eigenvalue weighted by Gasteiger charge is -2.24. The first-order valence-corrected chi connectivity index (χ1v) is 11.8. The van der Waals surface area contributed by atoms with E-state index >= 15 is 0 Å². The van der Waals surface area contributed by atoms with E-state index in [4.69, 9.17) is 4.74 Å². The van der Waals surface area contributed by atoms with Gasteiger partial charge in [-0.05, 0) is 51.0 Å². The second kappa shape index (κ2) is 11.1. The number of nitriles is 1. The van der Waals surface area contributed by atoms with Crippen LogP contribution in [0.2, 0.25) is 0 Å². The largest absolute Gasteiger partial charge is 0.465 e. The Bertz CT molecular complexity index is 866. The van der Waals surface area contributed by atoms with E-state index in [1.54, 1.807) is 16.7 Å². The van der Waals surface area contributed by atoms with Crippen molar-refractivity contribution in [2.24, 2.45) is 5.92 Å². The number of amides is 3. The molecule has 0 saturated carbocycles. The Hall–Kier alpha value is -2.93. The third kappa shape index (κ3) is 5.46. The average molecular weight is 460 g/mol. The van der Waals surface area contributed by atoms with Crippen molar-refractivity contribution in [3.8, 4) is 6.07 Å². The number of nitrogens with one attached hydrogen (secondary N) is 2. The molecule has 0 bridgehead atoms. The van der Waals surface area contributed by atoms with Gasteiger partial charge >= 0.3 is 12.0 Å². The van der Waals surface area contributed by atoms with E-state index < -0.39 is 22.5 Å². The minimum atomic E-state index is -1.02. The fourth-order valence-corrected chi connectivity index (χ4v) is 5.31. The van der Waals surface area contributed by atoms with Gasteiger partial charge in [-0.15, -0.1) is 11.8 Å². The van der Waals surface area contributed by atoms with Gasteiger partial charge in [-0.25, -0.2) is 4.79 Å². The van der Waals surface area contributed by atoms with Crippen molar-refractivity contribution in [3.05, 3.63) is 24.3 Å². The Kier molecular flexibility index (Phi) is 8.22. The molecule has 172 valence electrons. The molecule has 2 saturated heterocycles. The molecule has 2 fully saturated rings. The summed E-state index contributed by atoms with van der Waals surface area (Å²) in [6.07, 6.45) is 2.08. The Labute approximate surface area is 192 Å². The van der Waals surface area contributed by atoms with Crippen LogP contribution in [0.4, 0.5) is 16.2 Å². The van der Waals surface area contributed by atoms with Gasteiger partial charge in [0.05, 0.1) is 12.7 Å². The number of carbonyl (C=O) groups excluding carboxylic acids is 3. The molecule has 3 atom stereocenters. The van der Waals surface area contributed by atoms with Crippen molar-refractivity contribution >= 4 is 41.0 Å². The fourth-order valence-electron chi connectivity index (χ4n) is 3.81. The van der Waals surface area contributed by atoms with Crippen LogP contribution in [-0.4, -0.2) is 71.1 Å². The minimum Gasteiger partial charge on any atom is -0.465 e. The number of hydrogen-bond acceptors (Lipinski definition) is 7. The summed E-state index contributed by atoms with van der Waals surface area (Å²) in [5.74, 6) is -1.72. The standard InChI is InChI=1S/C22H29N5O4S/c1-3-27-19(28)18(32-20(27)17(13-23)21(29)31-4-2)14-24-15-7-9-16(10-8-15)25-22(30)26-11-5-6-12-26/h7-10,17-18,20,24H,3-6,11-12,14H2,1-2H3,(H,25,30). The molecule has 2 aliphatic heterocycles. The summed E-state index contributed by atoms with van der Waals surface area (Å²) in [5, 5.41) is 14.6. The van der Waals surface area contributed by atoms with Crippen LogP contribution in [0.25, 0.3) is 0 Å². The summed E-state index contributed by atoms with van der Waals surface area (Å²) in [6.45, 7) is 6.05. The first kappa shape index (κ1) is 23.7. The number of carbonyl (C=O) groups is 3. The predicted octanol–water partition coefficient (Wildman–Crippen LogP) is 2.72. The van der Waals surface area contributed by atoms with Crippen molar-refractivity contribution in [2.75, 3.05) is 43.4 Å². The number of anilines is 2. The van der Waals surface area contributed by atoms with E-state index in [9.17, 15) is 19.6 Å². The van der Waals surface area contributed by atoms with Crippen molar-refractivity contribution in [1.82, 2.24) is 9.80 Å². The molecule has 2 heterocycles. The van der Waals surface area contributed by atoms with E-state index in [-0.39, 0.29) is 18.5 Å². The van der Waals surface area contributed by atoms with E-state index in [0.29, 0.717) is 18.8 Å². The predicted molar refractivity (Wildman–Crippen MR) is 123 cm³/mol. The maximum absolute atomic E-state index is 12.8. The number of benzene rings is 1. The monoisotopic (exact) mass is 459 g/mol. The van der Waals surface area contributed by atoms with Crippen LogP contribution >= 0.6 is 11.8 Å². The zero-order chi connectivity index (χ0) is 23.1. The zero-order valence-corrected chi connectivity index (χ0v) is 19.2. The summed E-state index contributed by atoms with van der Waals surface area (Å²) >= 11 is 1.31. The van der Waals surface area contributed by atoms with Crippen molar-refractivity contribution in [2.45, 2.75) is 37.3 Å². The maximum atomic E-state index is 12.8. The van der Waals surface area contributed by atoms with Gasteiger partial charge in [-0.2, -0.15) is 5.26 Å². The molecular formula is C22H29N5O4S. The number of likely N-dealkylation sites (tertiary alicyclic amines) is 1. The van der Waals surface area contributed by atoms with Crippen molar-refractivity contribution in [1.29, 1.82) is 5.26 Å². The number of thioether (sulfide) groups is 1. The maximum Gasteiger partial charge on any atom is 0.326 e. The molecular weight excluding hydrogens is 430 g/mol. The number of nitrogens with zero attached hydrogens (tertiary/aromatic N) is 3. The fraction of sp³-hybridized carbons (Fsp3) is 0.545. The summed E-state index contributed by atoms with van der Waals surface area (Å²) in [7, 11) is 0. The number of urea groups is 1. The van der Waals surface area contributed by atoms with Crippen molar-refractivity contribution in [3.63, 3.8) is 0 Å². The number of ether oxygens (including phenoxy) is 1. The molecule has 32 heavy (non-hydrogen) atoms. The smallest absolute Gasteiger partial charge is 0.326 e. The van der Waals surface area contributed by atoms with Gasteiger partial charge in [0.25, 0.3) is 0 Å². The van der Waals surface area contributed by atoms with Gasteiger partial charge in [0.15, 0.2) is 5.92 Å². The molecule has 0 aliphatic carbocycles. The Balaban J connectivity index is 1.56. The third-order valence-electron chi connectivity index (χ3n) is 5.50. The van der Waals surface area contributed by atoms with Gasteiger partial charge < -0.3 is 25.2 Å². The van der Waals surface area contributed by atoms with E-state index in [2.05, 4.69) is 10.6 Å². The summed E-state index contributed by atoms with van der Waals surface area (Å²) < 4.78 is 5.01. The second-order valence-electron chi connectivity index (χ2n) is 7.58. The third-order valence-corrected chi connectivity index (χ3v) is 7.00. The molecule has 3 rings (SSSR count). The molecule has 1 aromatic carbocycles. The molecule has 3 unspecified atom stereocenters. The number of hydrogen-bond donors (Lipinski definition) is 2. The SMILES string of the molecule is CCOC(=O)C(C#N)C1SC(CNc2ccc(NC(=O)N3CCCC3)cc2)C(=O)N1CC. The number of esters is 1. The zero-order valence-electron chi connectivity index (χ0n) is 18.4. The van der Waals surface area contributed by atoms with Gasteiger partial charge in [-0.3, -0.25) is 9.59 Å². The Morgan fingerprint density at radius 1 is 1.22 bits per heavy atom. The van der Waals surface area contributed by atoms with E-state index in [0.717, 1.165) is 31.6 Å². The van der Waals surface area contributed by atoms with Crippen molar-refractivity contribution < 1.29 is 19.1 Å². The highest BCUT2D eigenvalue weighted by Gasteiger charge is 2.46. The first-order valence-electron chi connectivity index (χ1n) is 10.9. The van der Waals surface area contributed by atoms with Crippen LogP contribution in [0, 0.1) is 17.2 Å². The van der Waals surface area contributed by atoms with Gasteiger partial charge in [0, 0.05) is 37.6 Å². The number of rotatable bonds is 8. The highest BCUT2D eigenvalue weighted by molar-refractivity contribution is 8.01. The molecule has 0 aromatic heterocycles. The van der Waals surface area contributed by atoms with Gasteiger partial charge in [0.1, 0.15) is 10.6 Å². The van der Waals surface area contributed by atoms with Gasteiger partial charge in [0.2, 0.25) is 5.91 Å². The van der Waals surface area contributed by atoms with Crippen LogP contribution in [0.3, 0.4) is 0 Å². The molecule has 9 nitrogen and oxygen atoms in total. The lowest BCUT2D eigenvalue weighted by Crippen LogP contribution is -2.41. The molecule has 2 aliphatic rings. The molecule has 0 spiro atoms. The molecule has 2 N–H and O–H groups in total. The molecule has 0 radical (unpaired) electrons. The van der Waals surface area contributed by atoms with Crippen LogP contribution < -0.4 is 10.6 Å². The molecule has 3 amide bonds. The summed E-state index contributed by atoms with van der Waals surface area (Å²) in [5.41, 5.74) is 1.52. The average Bonchev–Trinajstić information content (AvgIpc) is 3.43. The topological polar surface area (TPSA) is 115 Å². The normalized spacial score (nSPS) is 21.2. The highest BCUT2D eigenvalue weighted by atomic mass is 32.2. The molecule has 1 aromatic rings. The van der Waals surface area contributed by atoms with Crippen LogP contribution in [0.1, 0.15) is 26.7 Å². The summed E-state index contributed by atoms with van der Waals surface area (Å²) in [6, 6.07) is 9.23. The quantitative estimate of drug-likeness (QED) is 0.575. The summed E-state index contributed by atoms with van der Waals surface area (Å²) in [4.78, 5) is 40.5. The first-order chi connectivity index (χ1) is 15.5. The highest BCUT2D eigenvalue weighted by Crippen LogP contribution is 2.36.